The van der Waals surface area contributed by atoms with Crippen molar-refractivity contribution in [1.82, 2.24) is 5.32 Å². The van der Waals surface area contributed by atoms with Crippen LogP contribution < -0.4 is 10.1 Å². The fourth-order valence-electron chi connectivity index (χ4n) is 3.33. The highest BCUT2D eigenvalue weighted by molar-refractivity contribution is 6.04. The van der Waals surface area contributed by atoms with Gasteiger partial charge in [0.15, 0.2) is 5.94 Å². The summed E-state index contributed by atoms with van der Waals surface area (Å²) in [5.74, 6) is 4.09. The molecule has 1 saturated carbocycles. The molecule has 3 rings (SSSR count). The molecule has 0 unspecified atom stereocenters. The van der Waals surface area contributed by atoms with Gasteiger partial charge in [-0.2, -0.15) is 0 Å². The first kappa shape index (κ1) is 13.9. The number of carbonyl (C=O) groups excluding carboxylic acids is 1. The average Bonchev–Trinajstić information content (AvgIpc) is 2.53. The van der Waals surface area contributed by atoms with E-state index in [0.29, 0.717) is 17.5 Å². The highest BCUT2D eigenvalue weighted by atomic mass is 16.5. The largest absolute Gasteiger partial charge is 0.496 e. The van der Waals surface area contributed by atoms with Gasteiger partial charge in [0.25, 0.3) is 0 Å². The van der Waals surface area contributed by atoms with Gasteiger partial charge in [0, 0.05) is 11.6 Å². The second kappa shape index (κ2) is 5.74. The molecule has 110 valence electrons. The molecular formula is C17H20N2O2. The van der Waals surface area contributed by atoms with Gasteiger partial charge in [0.1, 0.15) is 17.3 Å². The van der Waals surface area contributed by atoms with E-state index >= 15 is 0 Å². The van der Waals surface area contributed by atoms with Crippen LogP contribution in [-0.2, 0) is 4.79 Å². The maximum atomic E-state index is 11.2. The number of methoxy groups -OCH3 is 1. The van der Waals surface area contributed by atoms with E-state index in [0.717, 1.165) is 17.0 Å². The molecule has 0 saturated heterocycles. The van der Waals surface area contributed by atoms with Crippen LogP contribution in [-0.4, -0.2) is 18.9 Å². The van der Waals surface area contributed by atoms with Crippen molar-refractivity contribution in [3.8, 4) is 5.75 Å². The summed E-state index contributed by atoms with van der Waals surface area (Å²) in [4.78, 5) is 15.7. The minimum atomic E-state index is 0.470. The van der Waals surface area contributed by atoms with Crippen LogP contribution in [0, 0.1) is 0 Å². The molecule has 0 radical (unpaired) electrons. The monoisotopic (exact) mass is 284 g/mol. The molecule has 1 aromatic rings. The lowest BCUT2D eigenvalue weighted by molar-refractivity contribution is 0.387. The maximum Gasteiger partial charge on any atom is 0.151 e. The molecule has 1 heterocycles. The number of ether oxygens (including phenoxy) is 1. The molecule has 0 aromatic heterocycles. The van der Waals surface area contributed by atoms with Crippen molar-refractivity contribution in [1.29, 1.82) is 0 Å². The van der Waals surface area contributed by atoms with Crippen LogP contribution in [0.1, 0.15) is 56.1 Å². The number of amidine groups is 1. The van der Waals surface area contributed by atoms with Crippen LogP contribution in [0.15, 0.2) is 17.1 Å². The molecular weight excluding hydrogens is 264 g/mol. The lowest BCUT2D eigenvalue weighted by atomic mass is 9.82. The summed E-state index contributed by atoms with van der Waals surface area (Å²) >= 11 is 0. The number of fused-ring (bicyclic) bond motifs is 1. The first-order valence-electron chi connectivity index (χ1n) is 7.52. The molecule has 0 bridgehead atoms. The Hall–Kier alpha value is -2.06. The number of hydrogen-bond acceptors (Lipinski definition) is 4. The summed E-state index contributed by atoms with van der Waals surface area (Å²) in [6.45, 7) is 1.84. The van der Waals surface area contributed by atoms with Crippen LogP contribution in [0.3, 0.4) is 0 Å². The number of aliphatic imine (C=N–C) groups is 1. The van der Waals surface area contributed by atoms with E-state index in [2.05, 4.69) is 16.4 Å². The zero-order chi connectivity index (χ0) is 14.8. The van der Waals surface area contributed by atoms with Crippen molar-refractivity contribution in [2.24, 2.45) is 4.99 Å². The predicted molar refractivity (Wildman–Crippen MR) is 83.8 cm³/mol. The van der Waals surface area contributed by atoms with Crippen LogP contribution in [0.4, 0.5) is 5.69 Å². The zero-order valence-electron chi connectivity index (χ0n) is 12.5. The van der Waals surface area contributed by atoms with Crippen molar-refractivity contribution in [3.05, 3.63) is 23.3 Å². The summed E-state index contributed by atoms with van der Waals surface area (Å²) in [6.07, 6.45) is 6.21. The Morgan fingerprint density at radius 3 is 2.71 bits per heavy atom. The number of nitrogens with one attached hydrogen (secondary N) is 1. The topological polar surface area (TPSA) is 50.7 Å². The van der Waals surface area contributed by atoms with E-state index in [1.54, 1.807) is 7.11 Å². The molecule has 1 aromatic carbocycles. The highest BCUT2D eigenvalue weighted by Crippen LogP contribution is 2.42. The number of rotatable bonds is 2. The van der Waals surface area contributed by atoms with E-state index in [1.165, 1.54) is 37.7 Å². The van der Waals surface area contributed by atoms with Crippen molar-refractivity contribution in [3.63, 3.8) is 0 Å². The number of benzene rings is 1. The first-order chi connectivity index (χ1) is 10.2. The number of hydrogen-bond donors (Lipinski definition) is 1. The summed E-state index contributed by atoms with van der Waals surface area (Å²) in [7, 11) is 1.70. The van der Waals surface area contributed by atoms with Crippen molar-refractivity contribution in [2.75, 3.05) is 7.11 Å². The van der Waals surface area contributed by atoms with E-state index in [-0.39, 0.29) is 0 Å². The van der Waals surface area contributed by atoms with Crippen LogP contribution in [0.2, 0.25) is 0 Å². The third-order valence-electron chi connectivity index (χ3n) is 4.36. The summed E-state index contributed by atoms with van der Waals surface area (Å²) in [5, 5.41) is 2.99. The first-order valence-corrected chi connectivity index (χ1v) is 7.52. The lowest BCUT2D eigenvalue weighted by Crippen LogP contribution is -2.22. The summed E-state index contributed by atoms with van der Waals surface area (Å²) < 4.78 is 5.57. The molecule has 1 N–H and O–H groups in total. The van der Waals surface area contributed by atoms with Crippen LogP contribution in [0.5, 0.6) is 5.75 Å². The van der Waals surface area contributed by atoms with Gasteiger partial charge < -0.3 is 10.1 Å². The Balaban J connectivity index is 2.11. The molecule has 2 aliphatic rings. The molecule has 0 atom stereocenters. The third-order valence-corrected chi connectivity index (χ3v) is 4.36. The highest BCUT2D eigenvalue weighted by Gasteiger charge is 2.24. The Kier molecular flexibility index (Phi) is 3.80. The van der Waals surface area contributed by atoms with Gasteiger partial charge >= 0.3 is 0 Å². The molecule has 4 heteroatoms. The second-order valence-corrected chi connectivity index (χ2v) is 5.75. The van der Waals surface area contributed by atoms with Crippen LogP contribution >= 0.6 is 0 Å². The van der Waals surface area contributed by atoms with Gasteiger partial charge in [-0.15, -0.1) is 0 Å². The van der Waals surface area contributed by atoms with Gasteiger partial charge in [-0.05, 0) is 37.3 Å². The molecule has 1 aliphatic carbocycles. The SMILES string of the molecule is COc1cc2c(cc1C1CCCCC1)C(=C=O)NC(C)=N2. The second-order valence-electron chi connectivity index (χ2n) is 5.75. The zero-order valence-corrected chi connectivity index (χ0v) is 12.5. The molecule has 0 spiro atoms. The summed E-state index contributed by atoms with van der Waals surface area (Å²) in [6, 6.07) is 4.01. The average molecular weight is 284 g/mol. The van der Waals surface area contributed by atoms with Gasteiger partial charge in [-0.25, -0.2) is 9.79 Å². The Morgan fingerprint density at radius 1 is 1.29 bits per heavy atom. The maximum absolute atomic E-state index is 11.2. The summed E-state index contributed by atoms with van der Waals surface area (Å²) in [5.41, 5.74) is 3.27. The van der Waals surface area contributed by atoms with E-state index in [9.17, 15) is 4.79 Å². The molecule has 1 aliphatic heterocycles. The molecule has 4 nitrogen and oxygen atoms in total. The standard InChI is InChI=1S/C17H20N2O2/c1-11-18-15-9-17(21-2)13(12-6-4-3-5-7-12)8-14(15)16(10-20)19-11/h8-9,12H,3-7H2,1-2H3,(H,18,19). The van der Waals surface area contributed by atoms with Gasteiger partial charge in [0.05, 0.1) is 12.8 Å². The normalized spacial score (nSPS) is 18.4. The lowest BCUT2D eigenvalue weighted by Gasteiger charge is -2.26. The van der Waals surface area contributed by atoms with E-state index in [1.807, 2.05) is 18.9 Å². The van der Waals surface area contributed by atoms with Crippen molar-refractivity contribution < 1.29 is 9.53 Å². The molecule has 0 amide bonds. The van der Waals surface area contributed by atoms with Crippen LogP contribution in [0.25, 0.3) is 5.70 Å². The van der Waals surface area contributed by atoms with E-state index < -0.39 is 0 Å². The fourth-order valence-corrected chi connectivity index (χ4v) is 3.33. The fraction of sp³-hybridized carbons (Fsp3) is 0.471. The Bertz CT molecular complexity index is 636. The Morgan fingerprint density at radius 2 is 2.05 bits per heavy atom. The van der Waals surface area contributed by atoms with Gasteiger partial charge in [-0.1, -0.05) is 19.3 Å². The minimum Gasteiger partial charge on any atom is -0.496 e. The van der Waals surface area contributed by atoms with E-state index in [4.69, 9.17) is 4.74 Å². The quantitative estimate of drug-likeness (QED) is 0.845. The van der Waals surface area contributed by atoms with Crippen molar-refractivity contribution in [2.45, 2.75) is 44.9 Å². The van der Waals surface area contributed by atoms with Crippen molar-refractivity contribution >= 4 is 23.2 Å². The smallest absolute Gasteiger partial charge is 0.151 e. The van der Waals surface area contributed by atoms with Gasteiger partial charge in [-0.3, -0.25) is 0 Å². The molecule has 21 heavy (non-hydrogen) atoms. The predicted octanol–water partition coefficient (Wildman–Crippen LogP) is 3.57. The third kappa shape index (κ3) is 2.59. The van der Waals surface area contributed by atoms with Gasteiger partial charge in [0.2, 0.25) is 0 Å². The minimum absolute atomic E-state index is 0.470. The molecule has 1 fully saturated rings. The number of nitrogens with zero attached hydrogens (tertiary/aromatic N) is 1. The Labute approximate surface area is 124 Å².